The molecule has 0 spiro atoms. The summed E-state index contributed by atoms with van der Waals surface area (Å²) in [5, 5.41) is 14.5. The van der Waals surface area contributed by atoms with Gasteiger partial charge in [-0.2, -0.15) is 10.5 Å². The summed E-state index contributed by atoms with van der Waals surface area (Å²) < 4.78 is 0. The summed E-state index contributed by atoms with van der Waals surface area (Å²) in [4.78, 5) is 0. The maximum absolute atomic E-state index is 7.26. The average Bonchev–Trinajstić information content (AvgIpc) is 1.37. The van der Waals surface area contributed by atoms with Gasteiger partial charge in [-0.25, -0.2) is 0 Å². The summed E-state index contributed by atoms with van der Waals surface area (Å²) in [6, 6.07) is 2.47. The molecule has 0 aromatic rings. The van der Waals surface area contributed by atoms with Crippen LogP contribution in [0.4, 0.5) is 0 Å². The van der Waals surface area contributed by atoms with Crippen molar-refractivity contribution in [2.45, 2.75) is 0 Å². The fourth-order valence-corrected chi connectivity index (χ4v) is 0. The molecule has 0 rings (SSSR count). The van der Waals surface area contributed by atoms with Gasteiger partial charge in [-0.3, -0.25) is 0 Å². The third-order valence-corrected chi connectivity index (χ3v) is 0.0500. The van der Waals surface area contributed by atoms with E-state index in [9.17, 15) is 0 Å². The number of hydrogen-bond donors (Lipinski definition) is 0. The van der Waals surface area contributed by atoms with Gasteiger partial charge in [0.25, 0.3) is 0 Å². The zero-order valence-electron chi connectivity index (χ0n) is 2.89. The summed E-state index contributed by atoms with van der Waals surface area (Å²) in [6.45, 7) is 0. The molecule has 5 heavy (non-hydrogen) atoms. The fourth-order valence-electron chi connectivity index (χ4n) is 0. The van der Waals surface area contributed by atoms with Gasteiger partial charge in [0.1, 0.15) is 0 Å². The second-order valence-electron chi connectivity index (χ2n) is 0.224. The van der Waals surface area contributed by atoms with E-state index in [1.54, 1.807) is 0 Å². The first-order valence-electron chi connectivity index (χ1n) is 0.697. The van der Waals surface area contributed by atoms with Crippen LogP contribution in [0.15, 0.2) is 0 Å². The van der Waals surface area contributed by atoms with E-state index in [1.165, 1.54) is 12.1 Å². The molecule has 2 nitrogen and oxygen atoms in total. The Hall–Kier alpha value is -0.423. The molecule has 0 amide bonds. The summed E-state index contributed by atoms with van der Waals surface area (Å²) in [7, 11) is 0. The monoisotopic (exact) mass is 59.0 g/mol. The van der Waals surface area contributed by atoms with Crippen LogP contribution in [0.25, 0.3) is 0 Å². The second kappa shape index (κ2) is 9.55. The van der Waals surface area contributed by atoms with Crippen LogP contribution in [0.3, 0.4) is 0 Å². The van der Waals surface area contributed by atoms with Gasteiger partial charge in [0.15, 0.2) is 12.1 Å². The van der Waals surface area contributed by atoms with Crippen molar-refractivity contribution in [2.75, 3.05) is 0 Å². The number of nitriles is 2. The van der Waals surface area contributed by atoms with E-state index in [0.29, 0.717) is 0 Å². The molecule has 0 fully saturated rings. The maximum Gasteiger partial charge on any atom is 0.181 e. The van der Waals surface area contributed by atoms with Crippen molar-refractivity contribution in [3.05, 3.63) is 0 Å². The summed E-state index contributed by atoms with van der Waals surface area (Å²) >= 11 is 0. The van der Waals surface area contributed by atoms with Crippen molar-refractivity contribution >= 4 is 18.9 Å². The summed E-state index contributed by atoms with van der Waals surface area (Å²) in [5.74, 6) is 0. The molecule has 0 aromatic heterocycles. The standard InChI is InChI=1S/C2N2.Li/c3-1-2-4;. The van der Waals surface area contributed by atoms with E-state index >= 15 is 0 Å². The van der Waals surface area contributed by atoms with Gasteiger partial charge >= 0.3 is 0 Å². The van der Waals surface area contributed by atoms with Crippen LogP contribution in [-0.2, 0) is 0 Å². The van der Waals surface area contributed by atoms with Gasteiger partial charge in [-0.15, -0.1) is 0 Å². The Kier molecular flexibility index (Phi) is 16.8. The van der Waals surface area contributed by atoms with Gasteiger partial charge in [-0.05, 0) is 0 Å². The van der Waals surface area contributed by atoms with E-state index in [2.05, 4.69) is 0 Å². The first kappa shape index (κ1) is 8.82. The molecule has 0 unspecified atom stereocenters. The molecular formula is C2LiN2. The van der Waals surface area contributed by atoms with Crippen LogP contribution in [-0.4, -0.2) is 18.9 Å². The molecule has 0 aliphatic heterocycles. The van der Waals surface area contributed by atoms with Crippen LogP contribution < -0.4 is 0 Å². The third-order valence-electron chi connectivity index (χ3n) is 0.0500. The fraction of sp³-hybridized carbons (Fsp3) is 0. The van der Waals surface area contributed by atoms with Crippen molar-refractivity contribution in [1.82, 2.24) is 0 Å². The predicted molar refractivity (Wildman–Crippen MR) is 17.0 cm³/mol. The van der Waals surface area contributed by atoms with Gasteiger partial charge in [0.2, 0.25) is 0 Å². The van der Waals surface area contributed by atoms with Crippen LogP contribution in [0.5, 0.6) is 0 Å². The third kappa shape index (κ3) is 26.7. The quantitative estimate of drug-likeness (QED) is 0.358. The van der Waals surface area contributed by atoms with E-state index < -0.39 is 0 Å². The largest absolute Gasteiger partial charge is 0.181 e. The molecule has 0 aliphatic carbocycles. The van der Waals surface area contributed by atoms with Gasteiger partial charge in [0, 0.05) is 18.9 Å². The van der Waals surface area contributed by atoms with Crippen LogP contribution in [0, 0.1) is 22.7 Å². The topological polar surface area (TPSA) is 47.6 Å². The van der Waals surface area contributed by atoms with Gasteiger partial charge in [-0.1, -0.05) is 0 Å². The molecular weight excluding hydrogens is 59.0 g/mol. The maximum atomic E-state index is 7.26. The molecule has 0 saturated heterocycles. The molecule has 0 aliphatic rings. The van der Waals surface area contributed by atoms with Crippen molar-refractivity contribution in [3.63, 3.8) is 0 Å². The number of nitrogens with zero attached hydrogens (tertiary/aromatic N) is 2. The predicted octanol–water partition coefficient (Wildman–Crippen LogP) is -0.347. The van der Waals surface area contributed by atoms with Gasteiger partial charge in [0.05, 0.1) is 0 Å². The first-order chi connectivity index (χ1) is 1.91. The Balaban J connectivity index is 0. The molecule has 0 aromatic carbocycles. The summed E-state index contributed by atoms with van der Waals surface area (Å²) in [6.07, 6.45) is 0. The van der Waals surface area contributed by atoms with E-state index in [4.69, 9.17) is 10.5 Å². The van der Waals surface area contributed by atoms with Crippen LogP contribution >= 0.6 is 0 Å². The number of rotatable bonds is 0. The molecule has 0 atom stereocenters. The molecule has 0 heterocycles. The molecule has 19 valence electrons. The Morgan fingerprint density at radius 1 is 1.00 bits per heavy atom. The van der Waals surface area contributed by atoms with Crippen molar-refractivity contribution in [2.24, 2.45) is 0 Å². The second-order valence-corrected chi connectivity index (χ2v) is 0.224. The van der Waals surface area contributed by atoms with Crippen molar-refractivity contribution < 1.29 is 0 Å². The first-order valence-corrected chi connectivity index (χ1v) is 0.697. The minimum absolute atomic E-state index is 0. The molecule has 3 heteroatoms. The van der Waals surface area contributed by atoms with E-state index in [0.717, 1.165) is 0 Å². The zero-order chi connectivity index (χ0) is 3.41. The van der Waals surface area contributed by atoms with Crippen LogP contribution in [0.1, 0.15) is 0 Å². The molecule has 0 N–H and O–H groups in total. The Morgan fingerprint density at radius 2 is 1.20 bits per heavy atom. The Labute approximate surface area is 42.2 Å². The zero-order valence-corrected chi connectivity index (χ0v) is 2.89. The average molecular weight is 59.0 g/mol. The number of hydrogen-bond acceptors (Lipinski definition) is 2. The van der Waals surface area contributed by atoms with Gasteiger partial charge < -0.3 is 0 Å². The Bertz CT molecular complexity index is 62.6. The van der Waals surface area contributed by atoms with E-state index in [1.807, 2.05) is 0 Å². The summed E-state index contributed by atoms with van der Waals surface area (Å²) in [5.41, 5.74) is 0. The molecule has 0 bridgehead atoms. The van der Waals surface area contributed by atoms with Crippen molar-refractivity contribution in [1.29, 1.82) is 10.5 Å². The minimum atomic E-state index is 0. The Morgan fingerprint density at radius 3 is 1.20 bits per heavy atom. The SMILES string of the molecule is N#CC#N.[Li]. The molecule has 1 radical (unpaired) electrons. The van der Waals surface area contributed by atoms with Crippen molar-refractivity contribution in [3.8, 4) is 12.1 Å². The normalized spacial score (nSPS) is 2.00. The minimum Gasteiger partial charge on any atom is -0.181 e. The van der Waals surface area contributed by atoms with E-state index in [-0.39, 0.29) is 18.9 Å². The smallest absolute Gasteiger partial charge is 0.181 e. The van der Waals surface area contributed by atoms with Crippen LogP contribution in [0.2, 0.25) is 0 Å². The molecule has 0 saturated carbocycles.